The van der Waals surface area contributed by atoms with Crippen LogP contribution in [-0.4, -0.2) is 17.4 Å². The van der Waals surface area contributed by atoms with Gasteiger partial charge >= 0.3 is 0 Å². The van der Waals surface area contributed by atoms with Crippen LogP contribution in [0.15, 0.2) is 24.3 Å². The predicted molar refractivity (Wildman–Crippen MR) is 62.5 cm³/mol. The number of rotatable bonds is 5. The van der Waals surface area contributed by atoms with Crippen molar-refractivity contribution in [2.45, 2.75) is 12.7 Å². The van der Waals surface area contributed by atoms with Crippen molar-refractivity contribution in [1.29, 1.82) is 0 Å². The number of phenolic OH excluding ortho intramolecular Hbond substituents is 1. The van der Waals surface area contributed by atoms with Crippen LogP contribution in [0.4, 0.5) is 0 Å². The van der Waals surface area contributed by atoms with E-state index < -0.39 is 0 Å². The Morgan fingerprint density at radius 2 is 2.29 bits per heavy atom. The lowest BCUT2D eigenvalue weighted by Crippen LogP contribution is -2.12. The van der Waals surface area contributed by atoms with Crippen molar-refractivity contribution < 1.29 is 5.11 Å². The van der Waals surface area contributed by atoms with E-state index >= 15 is 0 Å². The third-order valence-corrected chi connectivity index (χ3v) is 3.33. The molecule has 0 aliphatic carbocycles. The largest absolute Gasteiger partial charge is 0.508 e. The summed E-state index contributed by atoms with van der Waals surface area (Å²) < 4.78 is 0. The maximum atomic E-state index is 9.24. The van der Waals surface area contributed by atoms with Crippen molar-refractivity contribution in [1.82, 2.24) is 0 Å². The molecule has 3 heteroatoms. The molecule has 3 N–H and O–H groups in total. The van der Waals surface area contributed by atoms with Gasteiger partial charge in [0.15, 0.2) is 0 Å². The highest BCUT2D eigenvalue weighted by atomic mass is 32.2. The topological polar surface area (TPSA) is 46.2 Å². The molecule has 1 unspecified atom stereocenters. The lowest BCUT2D eigenvalue weighted by atomic mass is 10.2. The van der Waals surface area contributed by atoms with Crippen LogP contribution in [0.25, 0.3) is 0 Å². The summed E-state index contributed by atoms with van der Waals surface area (Å²) in [7, 11) is 0. The number of benzene rings is 1. The first-order chi connectivity index (χ1) is 6.72. The first-order valence-electron chi connectivity index (χ1n) is 4.78. The van der Waals surface area contributed by atoms with Crippen LogP contribution >= 0.6 is 11.8 Å². The van der Waals surface area contributed by atoms with E-state index in [1.54, 1.807) is 12.1 Å². The Balaban J connectivity index is 2.31. The minimum absolute atomic E-state index is 0.343. The zero-order valence-electron chi connectivity index (χ0n) is 8.44. The van der Waals surface area contributed by atoms with Crippen LogP contribution in [-0.2, 0) is 5.75 Å². The van der Waals surface area contributed by atoms with Crippen molar-refractivity contribution >= 4 is 11.8 Å². The molecule has 0 radical (unpaired) electrons. The Bertz CT molecular complexity index is 278. The average molecular weight is 211 g/mol. The van der Waals surface area contributed by atoms with Gasteiger partial charge in [0, 0.05) is 5.75 Å². The smallest absolute Gasteiger partial charge is 0.115 e. The van der Waals surface area contributed by atoms with Gasteiger partial charge in [-0.1, -0.05) is 19.1 Å². The van der Waals surface area contributed by atoms with Gasteiger partial charge in [0.25, 0.3) is 0 Å². The summed E-state index contributed by atoms with van der Waals surface area (Å²) in [5.41, 5.74) is 6.69. The fourth-order valence-electron chi connectivity index (χ4n) is 1.09. The van der Waals surface area contributed by atoms with Gasteiger partial charge < -0.3 is 10.8 Å². The summed E-state index contributed by atoms with van der Waals surface area (Å²) in [6.45, 7) is 2.89. The number of hydrogen-bond acceptors (Lipinski definition) is 3. The average Bonchev–Trinajstić information content (AvgIpc) is 2.17. The van der Waals surface area contributed by atoms with Gasteiger partial charge in [-0.05, 0) is 35.9 Å². The normalized spacial score (nSPS) is 12.7. The van der Waals surface area contributed by atoms with Crippen molar-refractivity contribution in [3.8, 4) is 5.75 Å². The Kier molecular flexibility index (Phi) is 4.84. The standard InChI is InChI=1S/C11H17NOS/c1-9(6-12)7-14-8-10-3-2-4-11(13)5-10/h2-5,9,13H,6-8,12H2,1H3. The summed E-state index contributed by atoms with van der Waals surface area (Å²) in [6.07, 6.45) is 0. The molecule has 78 valence electrons. The second-order valence-corrected chi connectivity index (χ2v) is 4.56. The molecule has 0 aliphatic rings. The molecule has 0 aromatic heterocycles. The van der Waals surface area contributed by atoms with E-state index in [1.807, 2.05) is 23.9 Å². The Morgan fingerprint density at radius 1 is 1.50 bits per heavy atom. The summed E-state index contributed by atoms with van der Waals surface area (Å²) in [5, 5.41) is 9.24. The number of aromatic hydroxyl groups is 1. The summed E-state index contributed by atoms with van der Waals surface area (Å²) >= 11 is 1.86. The van der Waals surface area contributed by atoms with Gasteiger partial charge in [0.05, 0.1) is 0 Å². The molecule has 1 aromatic carbocycles. The molecule has 2 nitrogen and oxygen atoms in total. The predicted octanol–water partition coefficient (Wildman–Crippen LogP) is 2.22. The van der Waals surface area contributed by atoms with E-state index in [4.69, 9.17) is 5.73 Å². The van der Waals surface area contributed by atoms with Gasteiger partial charge in [-0.15, -0.1) is 0 Å². The second kappa shape index (κ2) is 5.94. The van der Waals surface area contributed by atoms with Crippen LogP contribution in [0.1, 0.15) is 12.5 Å². The molecular weight excluding hydrogens is 194 g/mol. The molecule has 0 aliphatic heterocycles. The molecular formula is C11H17NOS. The second-order valence-electron chi connectivity index (χ2n) is 3.53. The van der Waals surface area contributed by atoms with E-state index in [2.05, 4.69) is 6.92 Å². The fraction of sp³-hybridized carbons (Fsp3) is 0.455. The van der Waals surface area contributed by atoms with Gasteiger partial charge in [-0.2, -0.15) is 11.8 Å². The van der Waals surface area contributed by atoms with Gasteiger partial charge in [0.1, 0.15) is 5.75 Å². The van der Waals surface area contributed by atoms with Crippen LogP contribution in [0.5, 0.6) is 5.75 Å². The first-order valence-corrected chi connectivity index (χ1v) is 5.93. The monoisotopic (exact) mass is 211 g/mol. The third kappa shape index (κ3) is 4.03. The van der Waals surface area contributed by atoms with Crippen molar-refractivity contribution in [2.24, 2.45) is 11.7 Å². The minimum atomic E-state index is 0.343. The number of phenols is 1. The highest BCUT2D eigenvalue weighted by molar-refractivity contribution is 7.98. The number of thioether (sulfide) groups is 1. The summed E-state index contributed by atoms with van der Waals surface area (Å²) in [5.74, 6) is 2.93. The van der Waals surface area contributed by atoms with Gasteiger partial charge in [-0.3, -0.25) is 0 Å². The maximum absolute atomic E-state index is 9.24. The zero-order valence-corrected chi connectivity index (χ0v) is 9.26. The highest BCUT2D eigenvalue weighted by Gasteiger charge is 2.00. The molecule has 1 aromatic rings. The van der Waals surface area contributed by atoms with E-state index in [-0.39, 0.29) is 0 Å². The number of hydrogen-bond donors (Lipinski definition) is 2. The Hall–Kier alpha value is -0.670. The molecule has 1 rings (SSSR count). The molecule has 14 heavy (non-hydrogen) atoms. The molecule has 0 spiro atoms. The van der Waals surface area contributed by atoms with Gasteiger partial charge in [0.2, 0.25) is 0 Å². The highest BCUT2D eigenvalue weighted by Crippen LogP contribution is 2.18. The fourth-order valence-corrected chi connectivity index (χ4v) is 2.16. The van der Waals surface area contributed by atoms with Crippen LogP contribution in [0.2, 0.25) is 0 Å². The zero-order chi connectivity index (χ0) is 10.4. The lowest BCUT2D eigenvalue weighted by Gasteiger charge is -2.07. The summed E-state index contributed by atoms with van der Waals surface area (Å²) in [4.78, 5) is 0. The maximum Gasteiger partial charge on any atom is 0.115 e. The quantitative estimate of drug-likeness (QED) is 0.785. The van der Waals surface area contributed by atoms with Crippen molar-refractivity contribution in [3.63, 3.8) is 0 Å². The number of nitrogens with two attached hydrogens (primary N) is 1. The van der Waals surface area contributed by atoms with Crippen LogP contribution in [0.3, 0.4) is 0 Å². The Morgan fingerprint density at radius 3 is 2.93 bits per heavy atom. The van der Waals surface area contributed by atoms with Crippen LogP contribution in [0, 0.1) is 5.92 Å². The molecule has 0 amide bonds. The van der Waals surface area contributed by atoms with Crippen molar-refractivity contribution in [2.75, 3.05) is 12.3 Å². The van der Waals surface area contributed by atoms with E-state index in [0.29, 0.717) is 11.7 Å². The summed E-state index contributed by atoms with van der Waals surface area (Å²) in [6, 6.07) is 7.40. The molecule has 0 bridgehead atoms. The third-order valence-electron chi connectivity index (χ3n) is 1.98. The minimum Gasteiger partial charge on any atom is -0.508 e. The molecule has 0 fully saturated rings. The van der Waals surface area contributed by atoms with E-state index in [1.165, 1.54) is 5.56 Å². The van der Waals surface area contributed by atoms with Crippen LogP contribution < -0.4 is 5.73 Å². The molecule has 0 saturated heterocycles. The van der Waals surface area contributed by atoms with Crippen molar-refractivity contribution in [3.05, 3.63) is 29.8 Å². The van der Waals surface area contributed by atoms with Gasteiger partial charge in [-0.25, -0.2) is 0 Å². The molecule has 0 heterocycles. The Labute approximate surface area is 89.5 Å². The molecule has 1 atom stereocenters. The van der Waals surface area contributed by atoms with E-state index in [0.717, 1.165) is 18.1 Å². The lowest BCUT2D eigenvalue weighted by molar-refractivity contribution is 0.475. The first kappa shape index (κ1) is 11.4. The van der Waals surface area contributed by atoms with E-state index in [9.17, 15) is 5.11 Å². The molecule has 0 saturated carbocycles. The SMILES string of the molecule is CC(CN)CSCc1cccc(O)c1.